The molecule has 2 N–H and O–H groups in total. The van der Waals surface area contributed by atoms with Crippen molar-refractivity contribution >= 4 is 24.1 Å². The van der Waals surface area contributed by atoms with Gasteiger partial charge in [-0.15, -0.1) is 12.4 Å². The number of carbonyl (C=O) groups is 1. The average molecular weight is 291 g/mol. The van der Waals surface area contributed by atoms with Crippen LogP contribution in [0.3, 0.4) is 0 Å². The summed E-state index contributed by atoms with van der Waals surface area (Å²) in [5, 5.41) is 10.0. The average Bonchev–Trinajstić information content (AvgIpc) is 2.77. The fraction of sp³-hybridized carbons (Fsp3) is 0.667. The van der Waals surface area contributed by atoms with Crippen LogP contribution in [0.2, 0.25) is 0 Å². The SMILES string of the molecule is CNCC(C)C(=O)Nc1ccn(CCCOC)n1.Cl. The Labute approximate surface area is 120 Å². The van der Waals surface area contributed by atoms with E-state index in [1.165, 1.54) is 0 Å². The van der Waals surface area contributed by atoms with Crippen LogP contribution in [0.25, 0.3) is 0 Å². The van der Waals surface area contributed by atoms with Gasteiger partial charge in [-0.3, -0.25) is 9.48 Å². The van der Waals surface area contributed by atoms with Crippen molar-refractivity contribution in [3.63, 3.8) is 0 Å². The molecule has 1 aromatic heterocycles. The van der Waals surface area contributed by atoms with Crippen molar-refractivity contribution in [2.45, 2.75) is 19.9 Å². The molecule has 0 aliphatic heterocycles. The van der Waals surface area contributed by atoms with Crippen LogP contribution in [0.1, 0.15) is 13.3 Å². The topological polar surface area (TPSA) is 68.2 Å². The van der Waals surface area contributed by atoms with Gasteiger partial charge in [0.05, 0.1) is 0 Å². The van der Waals surface area contributed by atoms with Gasteiger partial charge >= 0.3 is 0 Å². The second-order valence-electron chi connectivity index (χ2n) is 4.26. The molecule has 0 aliphatic rings. The lowest BCUT2D eigenvalue weighted by atomic mass is 10.1. The Morgan fingerprint density at radius 3 is 2.95 bits per heavy atom. The van der Waals surface area contributed by atoms with Gasteiger partial charge in [0, 0.05) is 45.0 Å². The van der Waals surface area contributed by atoms with Gasteiger partial charge in [-0.2, -0.15) is 5.10 Å². The second kappa shape index (κ2) is 9.77. The first-order chi connectivity index (χ1) is 8.67. The van der Waals surface area contributed by atoms with Gasteiger partial charge in [0.15, 0.2) is 5.82 Å². The minimum absolute atomic E-state index is 0. The lowest BCUT2D eigenvalue weighted by Crippen LogP contribution is -2.28. The van der Waals surface area contributed by atoms with Crippen LogP contribution >= 0.6 is 12.4 Å². The Morgan fingerprint density at radius 2 is 2.32 bits per heavy atom. The zero-order chi connectivity index (χ0) is 13.4. The highest BCUT2D eigenvalue weighted by molar-refractivity contribution is 5.91. The summed E-state index contributed by atoms with van der Waals surface area (Å²) in [5.41, 5.74) is 0. The molecule has 1 aromatic rings. The normalized spacial score (nSPS) is 11.7. The van der Waals surface area contributed by atoms with E-state index in [2.05, 4.69) is 15.7 Å². The maximum absolute atomic E-state index is 11.8. The van der Waals surface area contributed by atoms with E-state index in [9.17, 15) is 4.79 Å². The first kappa shape index (κ1) is 17.9. The van der Waals surface area contributed by atoms with Crippen molar-refractivity contribution in [1.82, 2.24) is 15.1 Å². The van der Waals surface area contributed by atoms with Gasteiger partial charge in [-0.1, -0.05) is 6.92 Å². The summed E-state index contributed by atoms with van der Waals surface area (Å²) in [5.74, 6) is 0.500. The molecule has 1 unspecified atom stereocenters. The minimum Gasteiger partial charge on any atom is -0.385 e. The smallest absolute Gasteiger partial charge is 0.229 e. The predicted octanol–water partition coefficient (Wildman–Crippen LogP) is 1.14. The Kier molecular flexibility index (Phi) is 9.20. The van der Waals surface area contributed by atoms with E-state index >= 15 is 0 Å². The Bertz CT molecular complexity index is 370. The van der Waals surface area contributed by atoms with Crippen molar-refractivity contribution in [3.8, 4) is 0 Å². The number of carbonyl (C=O) groups excluding carboxylic acids is 1. The molecule has 0 saturated heterocycles. The molecule has 0 fully saturated rings. The summed E-state index contributed by atoms with van der Waals surface area (Å²) >= 11 is 0. The molecule has 0 saturated carbocycles. The van der Waals surface area contributed by atoms with Crippen molar-refractivity contribution in [2.75, 3.05) is 32.6 Å². The zero-order valence-corrected chi connectivity index (χ0v) is 12.5. The van der Waals surface area contributed by atoms with Gasteiger partial charge < -0.3 is 15.4 Å². The van der Waals surface area contributed by atoms with Crippen molar-refractivity contribution in [3.05, 3.63) is 12.3 Å². The second-order valence-corrected chi connectivity index (χ2v) is 4.26. The van der Waals surface area contributed by atoms with Gasteiger partial charge in [-0.05, 0) is 13.5 Å². The number of methoxy groups -OCH3 is 1. The molecule has 0 bridgehead atoms. The molecule has 1 heterocycles. The molecule has 110 valence electrons. The molecule has 1 amide bonds. The highest BCUT2D eigenvalue weighted by atomic mass is 35.5. The fourth-order valence-electron chi connectivity index (χ4n) is 1.57. The summed E-state index contributed by atoms with van der Waals surface area (Å²) in [6.45, 7) is 4.03. The van der Waals surface area contributed by atoms with Crippen LogP contribution < -0.4 is 10.6 Å². The van der Waals surface area contributed by atoms with E-state index in [1.54, 1.807) is 17.9 Å². The van der Waals surface area contributed by atoms with Gasteiger partial charge in [0.1, 0.15) is 0 Å². The quantitative estimate of drug-likeness (QED) is 0.705. The van der Waals surface area contributed by atoms with Crippen LogP contribution in [-0.2, 0) is 16.1 Å². The third kappa shape index (κ3) is 6.56. The number of halogens is 1. The molecule has 0 aliphatic carbocycles. The van der Waals surface area contributed by atoms with Crippen LogP contribution in [-0.4, -0.2) is 43.0 Å². The Morgan fingerprint density at radius 1 is 1.58 bits per heavy atom. The fourth-order valence-corrected chi connectivity index (χ4v) is 1.57. The lowest BCUT2D eigenvalue weighted by Gasteiger charge is -2.09. The van der Waals surface area contributed by atoms with Crippen LogP contribution in [0.5, 0.6) is 0 Å². The van der Waals surface area contributed by atoms with E-state index < -0.39 is 0 Å². The van der Waals surface area contributed by atoms with Gasteiger partial charge in [0.2, 0.25) is 5.91 Å². The van der Waals surface area contributed by atoms with E-state index in [-0.39, 0.29) is 24.2 Å². The molecule has 19 heavy (non-hydrogen) atoms. The maximum Gasteiger partial charge on any atom is 0.229 e. The van der Waals surface area contributed by atoms with Crippen LogP contribution in [0.4, 0.5) is 5.82 Å². The van der Waals surface area contributed by atoms with Crippen molar-refractivity contribution < 1.29 is 9.53 Å². The molecule has 0 spiro atoms. The van der Waals surface area contributed by atoms with Gasteiger partial charge in [-0.25, -0.2) is 0 Å². The first-order valence-corrected chi connectivity index (χ1v) is 6.15. The minimum atomic E-state index is -0.0753. The molecule has 6 nitrogen and oxygen atoms in total. The number of hydrogen-bond donors (Lipinski definition) is 2. The Hall–Kier alpha value is -1.11. The number of hydrogen-bond acceptors (Lipinski definition) is 4. The van der Waals surface area contributed by atoms with E-state index in [1.807, 2.05) is 20.2 Å². The number of anilines is 1. The molecule has 1 atom stereocenters. The van der Waals surface area contributed by atoms with E-state index in [0.717, 1.165) is 13.0 Å². The van der Waals surface area contributed by atoms with E-state index in [0.29, 0.717) is 19.0 Å². The monoisotopic (exact) mass is 290 g/mol. The maximum atomic E-state index is 11.8. The lowest BCUT2D eigenvalue weighted by molar-refractivity contribution is -0.119. The third-order valence-electron chi connectivity index (χ3n) is 2.59. The summed E-state index contributed by atoms with van der Waals surface area (Å²) in [7, 11) is 3.51. The number of nitrogens with zero attached hydrogens (tertiary/aromatic N) is 2. The standard InChI is InChI=1S/C12H22N4O2.ClH/c1-10(9-13-2)12(17)14-11-5-7-16(15-11)6-4-8-18-3;/h5,7,10,13H,4,6,8-9H2,1-3H3,(H,14,15,17);1H. The first-order valence-electron chi connectivity index (χ1n) is 6.15. The summed E-state index contributed by atoms with van der Waals surface area (Å²) in [6, 6.07) is 1.80. The van der Waals surface area contributed by atoms with E-state index in [4.69, 9.17) is 4.74 Å². The zero-order valence-electron chi connectivity index (χ0n) is 11.7. The van der Waals surface area contributed by atoms with Gasteiger partial charge in [0.25, 0.3) is 0 Å². The van der Waals surface area contributed by atoms with Crippen molar-refractivity contribution in [1.29, 1.82) is 0 Å². The summed E-state index contributed by atoms with van der Waals surface area (Å²) in [6.07, 6.45) is 2.76. The third-order valence-corrected chi connectivity index (χ3v) is 2.59. The van der Waals surface area contributed by atoms with Crippen LogP contribution in [0.15, 0.2) is 12.3 Å². The van der Waals surface area contributed by atoms with Crippen LogP contribution in [0, 0.1) is 5.92 Å². The number of amides is 1. The number of nitrogens with one attached hydrogen (secondary N) is 2. The Balaban J connectivity index is 0.00000324. The molecule has 0 radical (unpaired) electrons. The number of aromatic nitrogens is 2. The van der Waals surface area contributed by atoms with Crippen molar-refractivity contribution in [2.24, 2.45) is 5.92 Å². The molecule has 1 rings (SSSR count). The number of ether oxygens (including phenoxy) is 1. The highest BCUT2D eigenvalue weighted by Gasteiger charge is 2.12. The number of rotatable bonds is 8. The highest BCUT2D eigenvalue weighted by Crippen LogP contribution is 2.05. The molecular formula is C12H23ClN4O2. The predicted molar refractivity (Wildman–Crippen MR) is 77.7 cm³/mol. The summed E-state index contributed by atoms with van der Waals surface area (Å²) in [4.78, 5) is 11.8. The number of aryl methyl sites for hydroxylation is 1. The molecular weight excluding hydrogens is 268 g/mol. The molecule has 0 aromatic carbocycles. The molecule has 7 heteroatoms. The largest absolute Gasteiger partial charge is 0.385 e. The summed E-state index contributed by atoms with van der Waals surface area (Å²) < 4.78 is 6.78.